The molecule has 0 saturated heterocycles. The maximum Gasteiger partial charge on any atom is 0.162 e. The molecule has 1 N–H and O–H groups in total. The number of rotatable bonds is 5. The highest BCUT2D eigenvalue weighted by molar-refractivity contribution is 5.64. The van der Waals surface area contributed by atoms with Crippen molar-refractivity contribution in [2.45, 2.75) is 18.8 Å². The SMILES string of the molecule is C=CCC[C@H](C=N)c1cccc(F)c1F. The van der Waals surface area contributed by atoms with Gasteiger partial charge < -0.3 is 5.41 Å². The first-order valence-corrected chi connectivity index (χ1v) is 4.76. The van der Waals surface area contributed by atoms with Crippen molar-refractivity contribution in [2.75, 3.05) is 0 Å². The zero-order valence-electron chi connectivity index (χ0n) is 8.34. The normalized spacial score (nSPS) is 12.1. The molecule has 1 aromatic carbocycles. The van der Waals surface area contributed by atoms with Gasteiger partial charge in [-0.1, -0.05) is 18.2 Å². The van der Waals surface area contributed by atoms with Gasteiger partial charge in [0.25, 0.3) is 0 Å². The van der Waals surface area contributed by atoms with Gasteiger partial charge in [0.1, 0.15) is 0 Å². The molecule has 1 atom stereocenters. The van der Waals surface area contributed by atoms with Gasteiger partial charge in [0.15, 0.2) is 11.6 Å². The zero-order chi connectivity index (χ0) is 11.3. The lowest BCUT2D eigenvalue weighted by molar-refractivity contribution is 0.495. The maximum atomic E-state index is 13.4. The van der Waals surface area contributed by atoms with Gasteiger partial charge in [-0.25, -0.2) is 8.78 Å². The molecule has 1 nitrogen and oxygen atoms in total. The molecular formula is C12H13F2N. The van der Waals surface area contributed by atoms with Gasteiger partial charge in [-0.15, -0.1) is 6.58 Å². The summed E-state index contributed by atoms with van der Waals surface area (Å²) in [7, 11) is 0. The standard InChI is InChI=1S/C12H13F2N/c1-2-3-5-9(8-15)10-6-4-7-11(13)12(10)14/h2,4,6-9,15H,1,3,5H2/t9-/m1/s1. The Morgan fingerprint density at radius 1 is 1.40 bits per heavy atom. The molecule has 0 aromatic heterocycles. The Balaban J connectivity index is 2.95. The summed E-state index contributed by atoms with van der Waals surface area (Å²) >= 11 is 0. The fraction of sp³-hybridized carbons (Fsp3) is 0.250. The summed E-state index contributed by atoms with van der Waals surface area (Å²) in [5, 5.41) is 7.19. The molecule has 15 heavy (non-hydrogen) atoms. The molecule has 0 unspecified atom stereocenters. The topological polar surface area (TPSA) is 23.9 Å². The van der Waals surface area contributed by atoms with Crippen LogP contribution < -0.4 is 0 Å². The van der Waals surface area contributed by atoms with E-state index in [9.17, 15) is 8.78 Å². The summed E-state index contributed by atoms with van der Waals surface area (Å²) in [5.41, 5.74) is 0.242. The highest BCUT2D eigenvalue weighted by atomic mass is 19.2. The maximum absolute atomic E-state index is 13.4. The van der Waals surface area contributed by atoms with E-state index in [2.05, 4.69) is 6.58 Å². The van der Waals surface area contributed by atoms with Crippen molar-refractivity contribution in [3.8, 4) is 0 Å². The molecule has 0 amide bonds. The minimum atomic E-state index is -0.863. The summed E-state index contributed by atoms with van der Waals surface area (Å²) in [6, 6.07) is 4.04. The van der Waals surface area contributed by atoms with Crippen molar-refractivity contribution in [1.82, 2.24) is 0 Å². The smallest absolute Gasteiger partial charge is 0.162 e. The van der Waals surface area contributed by atoms with E-state index in [-0.39, 0.29) is 11.5 Å². The van der Waals surface area contributed by atoms with E-state index in [0.29, 0.717) is 12.8 Å². The Morgan fingerprint density at radius 2 is 2.13 bits per heavy atom. The Hall–Kier alpha value is -1.51. The van der Waals surface area contributed by atoms with Crippen LogP contribution in [0.1, 0.15) is 24.3 Å². The predicted octanol–water partition coefficient (Wildman–Crippen LogP) is 3.66. The lowest BCUT2D eigenvalue weighted by Gasteiger charge is -2.11. The minimum Gasteiger partial charge on any atom is -0.312 e. The van der Waals surface area contributed by atoms with Gasteiger partial charge >= 0.3 is 0 Å². The first-order chi connectivity index (χ1) is 7.20. The molecule has 0 aliphatic carbocycles. The zero-order valence-corrected chi connectivity index (χ0v) is 8.34. The van der Waals surface area contributed by atoms with Crippen molar-refractivity contribution in [1.29, 1.82) is 5.41 Å². The third-order valence-corrected chi connectivity index (χ3v) is 2.26. The number of hydrogen-bond donors (Lipinski definition) is 1. The molecule has 1 rings (SSSR count). The molecule has 80 valence electrons. The minimum absolute atomic E-state index is 0.242. The Kier molecular flexibility index (Phi) is 4.16. The average Bonchev–Trinajstić information content (AvgIpc) is 2.25. The van der Waals surface area contributed by atoms with E-state index in [4.69, 9.17) is 5.41 Å². The van der Waals surface area contributed by atoms with Crippen molar-refractivity contribution >= 4 is 6.21 Å². The molecule has 1 aromatic rings. The number of nitrogens with one attached hydrogen (secondary N) is 1. The third kappa shape index (κ3) is 2.72. The van der Waals surface area contributed by atoms with Gasteiger partial charge in [-0.05, 0) is 24.5 Å². The lowest BCUT2D eigenvalue weighted by atomic mass is 9.95. The average molecular weight is 209 g/mol. The van der Waals surface area contributed by atoms with E-state index >= 15 is 0 Å². The second kappa shape index (κ2) is 5.39. The Labute approximate surface area is 87.9 Å². The third-order valence-electron chi connectivity index (χ3n) is 2.26. The van der Waals surface area contributed by atoms with Crippen LogP contribution in [0.25, 0.3) is 0 Å². The second-order valence-corrected chi connectivity index (χ2v) is 3.28. The van der Waals surface area contributed by atoms with Crippen LogP contribution in [0, 0.1) is 17.0 Å². The molecule has 3 heteroatoms. The molecule has 0 aliphatic rings. The van der Waals surface area contributed by atoms with Crippen LogP contribution in [-0.2, 0) is 0 Å². The lowest BCUT2D eigenvalue weighted by Crippen LogP contribution is -2.04. The van der Waals surface area contributed by atoms with E-state index in [0.717, 1.165) is 12.3 Å². The fourth-order valence-electron chi connectivity index (χ4n) is 1.43. The summed E-state index contributed by atoms with van der Waals surface area (Å²) in [6.45, 7) is 3.56. The number of halogens is 2. The number of benzene rings is 1. The second-order valence-electron chi connectivity index (χ2n) is 3.28. The van der Waals surface area contributed by atoms with Gasteiger partial charge in [0, 0.05) is 12.1 Å². The summed E-state index contributed by atoms with van der Waals surface area (Å²) in [5.74, 6) is -2.09. The molecule has 0 bridgehead atoms. The van der Waals surface area contributed by atoms with Gasteiger partial charge in [-0.2, -0.15) is 0 Å². The highest BCUT2D eigenvalue weighted by Crippen LogP contribution is 2.23. The molecular weight excluding hydrogens is 196 g/mol. The van der Waals surface area contributed by atoms with Crippen LogP contribution >= 0.6 is 0 Å². The van der Waals surface area contributed by atoms with Crippen LogP contribution in [0.4, 0.5) is 8.78 Å². The molecule has 0 aliphatic heterocycles. The largest absolute Gasteiger partial charge is 0.312 e. The van der Waals surface area contributed by atoms with Gasteiger partial charge in [0.2, 0.25) is 0 Å². The quantitative estimate of drug-likeness (QED) is 0.565. The van der Waals surface area contributed by atoms with E-state index < -0.39 is 11.6 Å². The Bertz CT molecular complexity index is 361. The Morgan fingerprint density at radius 3 is 2.73 bits per heavy atom. The van der Waals surface area contributed by atoms with Crippen LogP contribution in [0.15, 0.2) is 30.9 Å². The monoisotopic (exact) mass is 209 g/mol. The molecule has 0 saturated carbocycles. The van der Waals surface area contributed by atoms with Crippen LogP contribution in [0.2, 0.25) is 0 Å². The van der Waals surface area contributed by atoms with E-state index in [1.54, 1.807) is 6.08 Å². The molecule has 0 spiro atoms. The first-order valence-electron chi connectivity index (χ1n) is 4.76. The van der Waals surface area contributed by atoms with Crippen molar-refractivity contribution in [3.05, 3.63) is 48.1 Å². The van der Waals surface area contributed by atoms with Crippen molar-refractivity contribution in [3.63, 3.8) is 0 Å². The highest BCUT2D eigenvalue weighted by Gasteiger charge is 2.15. The van der Waals surface area contributed by atoms with Crippen molar-refractivity contribution < 1.29 is 8.78 Å². The van der Waals surface area contributed by atoms with Crippen LogP contribution in [-0.4, -0.2) is 6.21 Å². The molecule has 0 fully saturated rings. The van der Waals surface area contributed by atoms with E-state index in [1.807, 2.05) is 0 Å². The summed E-state index contributed by atoms with van der Waals surface area (Å²) in [6.07, 6.45) is 4.10. The predicted molar refractivity (Wildman–Crippen MR) is 57.3 cm³/mol. The first kappa shape index (κ1) is 11.6. The van der Waals surface area contributed by atoms with Gasteiger partial charge in [-0.3, -0.25) is 0 Å². The van der Waals surface area contributed by atoms with Crippen LogP contribution in [0.3, 0.4) is 0 Å². The van der Waals surface area contributed by atoms with Crippen molar-refractivity contribution in [2.24, 2.45) is 0 Å². The van der Waals surface area contributed by atoms with Gasteiger partial charge in [0.05, 0.1) is 0 Å². The summed E-state index contributed by atoms with van der Waals surface area (Å²) in [4.78, 5) is 0. The molecule has 0 heterocycles. The number of allylic oxidation sites excluding steroid dienone is 1. The number of hydrogen-bond acceptors (Lipinski definition) is 1. The fourth-order valence-corrected chi connectivity index (χ4v) is 1.43. The van der Waals surface area contributed by atoms with E-state index in [1.165, 1.54) is 12.1 Å². The molecule has 0 radical (unpaired) electrons. The van der Waals surface area contributed by atoms with Crippen LogP contribution in [0.5, 0.6) is 0 Å². The summed E-state index contributed by atoms with van der Waals surface area (Å²) < 4.78 is 26.3.